The standard InChI is InChI=1S/C16H21ClN2O3/c1-21-14-9-13(15(22-2)8-12(14)17)19-16(20)18-10-11-6-4-3-5-7-11/h8-10H,3-7H2,1-2H3,(H2,18,19,20). The van der Waals surface area contributed by atoms with E-state index in [1.807, 2.05) is 0 Å². The molecule has 1 fully saturated rings. The van der Waals surface area contributed by atoms with Gasteiger partial charge in [-0.3, -0.25) is 0 Å². The van der Waals surface area contributed by atoms with E-state index < -0.39 is 0 Å². The second-order valence-electron chi connectivity index (χ2n) is 5.15. The smallest absolute Gasteiger partial charge is 0.323 e. The summed E-state index contributed by atoms with van der Waals surface area (Å²) in [5.41, 5.74) is 1.78. The lowest BCUT2D eigenvalue weighted by Gasteiger charge is -2.15. The van der Waals surface area contributed by atoms with Crippen molar-refractivity contribution in [3.05, 3.63) is 28.9 Å². The molecule has 22 heavy (non-hydrogen) atoms. The summed E-state index contributed by atoms with van der Waals surface area (Å²) in [6.07, 6.45) is 7.56. The highest BCUT2D eigenvalue weighted by atomic mass is 35.5. The molecule has 2 rings (SSSR count). The van der Waals surface area contributed by atoms with Gasteiger partial charge in [-0.2, -0.15) is 0 Å². The van der Waals surface area contributed by atoms with Crippen LogP contribution in [0.4, 0.5) is 10.5 Å². The summed E-state index contributed by atoms with van der Waals surface area (Å²) in [6.45, 7) is 0. The molecule has 1 aromatic carbocycles. The Kier molecular flexibility index (Phi) is 5.95. The van der Waals surface area contributed by atoms with Gasteiger partial charge in [0.05, 0.1) is 24.9 Å². The highest BCUT2D eigenvalue weighted by Crippen LogP contribution is 2.35. The number of rotatable bonds is 4. The summed E-state index contributed by atoms with van der Waals surface area (Å²) < 4.78 is 10.4. The van der Waals surface area contributed by atoms with Crippen molar-refractivity contribution >= 4 is 23.3 Å². The number of hydrogen-bond acceptors (Lipinski definition) is 3. The van der Waals surface area contributed by atoms with Crippen molar-refractivity contribution < 1.29 is 14.3 Å². The van der Waals surface area contributed by atoms with E-state index in [0.717, 1.165) is 12.8 Å². The Morgan fingerprint density at radius 3 is 2.45 bits per heavy atom. The maximum absolute atomic E-state index is 12.0. The Bertz CT molecular complexity index is 565. The average Bonchev–Trinajstić information content (AvgIpc) is 2.55. The average molecular weight is 325 g/mol. The molecule has 0 saturated heterocycles. The van der Waals surface area contributed by atoms with Gasteiger partial charge in [0.1, 0.15) is 11.5 Å². The van der Waals surface area contributed by atoms with Crippen LogP contribution in [0.25, 0.3) is 0 Å². The zero-order valence-corrected chi connectivity index (χ0v) is 13.6. The lowest BCUT2D eigenvalue weighted by molar-refractivity contribution is 0.254. The topological polar surface area (TPSA) is 59.6 Å². The molecule has 1 aliphatic rings. The van der Waals surface area contributed by atoms with Gasteiger partial charge in [-0.25, -0.2) is 4.79 Å². The molecule has 0 atom stereocenters. The maximum Gasteiger partial charge on any atom is 0.323 e. The molecular formula is C16H21ClN2O3. The van der Waals surface area contributed by atoms with E-state index in [2.05, 4.69) is 10.6 Å². The molecule has 5 nitrogen and oxygen atoms in total. The van der Waals surface area contributed by atoms with Gasteiger partial charge in [0.15, 0.2) is 0 Å². The number of carbonyl (C=O) groups is 1. The van der Waals surface area contributed by atoms with E-state index >= 15 is 0 Å². The summed E-state index contributed by atoms with van der Waals surface area (Å²) in [6, 6.07) is 2.92. The number of benzene rings is 1. The van der Waals surface area contributed by atoms with E-state index in [0.29, 0.717) is 22.2 Å². The Labute approximate surface area is 135 Å². The molecular weight excluding hydrogens is 304 g/mol. The van der Waals surface area contributed by atoms with Crippen LogP contribution >= 0.6 is 11.6 Å². The number of urea groups is 1. The molecule has 120 valence electrons. The van der Waals surface area contributed by atoms with E-state index in [-0.39, 0.29) is 6.03 Å². The third-order valence-corrected chi connectivity index (χ3v) is 3.92. The van der Waals surface area contributed by atoms with Gasteiger partial charge < -0.3 is 20.1 Å². The minimum atomic E-state index is -0.319. The molecule has 0 radical (unpaired) electrons. The molecule has 6 heteroatoms. The molecule has 0 aromatic heterocycles. The van der Waals surface area contributed by atoms with Crippen LogP contribution in [0, 0.1) is 0 Å². The molecule has 0 heterocycles. The van der Waals surface area contributed by atoms with E-state index in [1.165, 1.54) is 39.1 Å². The van der Waals surface area contributed by atoms with Crippen molar-refractivity contribution in [2.24, 2.45) is 0 Å². The van der Waals surface area contributed by atoms with Gasteiger partial charge in [-0.05, 0) is 25.7 Å². The van der Waals surface area contributed by atoms with E-state index in [9.17, 15) is 4.79 Å². The summed E-state index contributed by atoms with van der Waals surface area (Å²) in [7, 11) is 3.04. The number of ether oxygens (including phenoxy) is 2. The SMILES string of the molecule is COc1cc(NC(=O)NC=C2CCCCC2)c(OC)cc1Cl. The predicted octanol–water partition coefficient (Wildman–Crippen LogP) is 4.33. The maximum atomic E-state index is 12.0. The molecule has 0 unspecified atom stereocenters. The van der Waals surface area contributed by atoms with Gasteiger partial charge in [0.25, 0.3) is 0 Å². The number of allylic oxidation sites excluding steroid dienone is 1. The molecule has 1 aromatic rings. The van der Waals surface area contributed by atoms with Crippen LogP contribution in [0.1, 0.15) is 32.1 Å². The monoisotopic (exact) mass is 324 g/mol. The number of nitrogens with one attached hydrogen (secondary N) is 2. The fourth-order valence-electron chi connectivity index (χ4n) is 2.43. The normalized spacial score (nSPS) is 14.2. The summed E-state index contributed by atoms with van der Waals surface area (Å²) in [5, 5.41) is 5.93. The minimum Gasteiger partial charge on any atom is -0.495 e. The molecule has 2 N–H and O–H groups in total. The predicted molar refractivity (Wildman–Crippen MR) is 87.9 cm³/mol. The second kappa shape index (κ2) is 7.94. The van der Waals surface area contributed by atoms with Crippen LogP contribution < -0.4 is 20.1 Å². The second-order valence-corrected chi connectivity index (χ2v) is 5.56. The highest BCUT2D eigenvalue weighted by Gasteiger charge is 2.12. The van der Waals surface area contributed by atoms with Crippen LogP contribution in [0.5, 0.6) is 11.5 Å². The lowest BCUT2D eigenvalue weighted by Crippen LogP contribution is -2.25. The third kappa shape index (κ3) is 4.31. The van der Waals surface area contributed by atoms with Crippen LogP contribution in [-0.4, -0.2) is 20.3 Å². The van der Waals surface area contributed by atoms with Crippen LogP contribution in [-0.2, 0) is 0 Å². The largest absolute Gasteiger partial charge is 0.495 e. The van der Waals surface area contributed by atoms with Crippen molar-refractivity contribution in [3.8, 4) is 11.5 Å². The number of anilines is 1. The zero-order chi connectivity index (χ0) is 15.9. The Hall–Kier alpha value is -1.88. The molecule has 0 bridgehead atoms. The van der Waals surface area contributed by atoms with Gasteiger partial charge in [0.2, 0.25) is 0 Å². The fourth-order valence-corrected chi connectivity index (χ4v) is 2.67. The first kappa shape index (κ1) is 16.5. The first-order chi connectivity index (χ1) is 10.6. The van der Waals surface area contributed by atoms with Gasteiger partial charge in [-0.1, -0.05) is 23.6 Å². The van der Waals surface area contributed by atoms with Crippen molar-refractivity contribution in [1.29, 1.82) is 0 Å². The molecule has 1 saturated carbocycles. The number of amides is 2. The van der Waals surface area contributed by atoms with Crippen molar-refractivity contribution in [2.45, 2.75) is 32.1 Å². The summed E-state index contributed by atoms with van der Waals surface area (Å²) in [5.74, 6) is 0.953. The van der Waals surface area contributed by atoms with Crippen LogP contribution in [0.2, 0.25) is 5.02 Å². The Morgan fingerprint density at radius 1 is 1.14 bits per heavy atom. The Morgan fingerprint density at radius 2 is 1.82 bits per heavy atom. The van der Waals surface area contributed by atoms with Crippen molar-refractivity contribution in [3.63, 3.8) is 0 Å². The van der Waals surface area contributed by atoms with E-state index in [4.69, 9.17) is 21.1 Å². The number of hydrogen-bond donors (Lipinski definition) is 2. The molecule has 0 aliphatic heterocycles. The van der Waals surface area contributed by atoms with Crippen molar-refractivity contribution in [2.75, 3.05) is 19.5 Å². The van der Waals surface area contributed by atoms with E-state index in [1.54, 1.807) is 18.3 Å². The first-order valence-corrected chi connectivity index (χ1v) is 7.68. The number of methoxy groups -OCH3 is 2. The molecule has 2 amide bonds. The summed E-state index contributed by atoms with van der Waals surface area (Å²) in [4.78, 5) is 12.0. The van der Waals surface area contributed by atoms with Gasteiger partial charge in [-0.15, -0.1) is 0 Å². The number of carbonyl (C=O) groups excluding carboxylic acids is 1. The van der Waals surface area contributed by atoms with Gasteiger partial charge in [0, 0.05) is 18.3 Å². The quantitative estimate of drug-likeness (QED) is 0.866. The third-order valence-electron chi connectivity index (χ3n) is 3.63. The molecule has 0 spiro atoms. The number of halogens is 1. The first-order valence-electron chi connectivity index (χ1n) is 7.31. The fraction of sp³-hybridized carbons (Fsp3) is 0.438. The lowest BCUT2D eigenvalue weighted by atomic mass is 9.96. The minimum absolute atomic E-state index is 0.319. The zero-order valence-electron chi connectivity index (χ0n) is 12.9. The van der Waals surface area contributed by atoms with Crippen LogP contribution in [0.15, 0.2) is 23.9 Å². The highest BCUT2D eigenvalue weighted by molar-refractivity contribution is 6.32. The van der Waals surface area contributed by atoms with Gasteiger partial charge >= 0.3 is 6.03 Å². The Balaban J connectivity index is 2.04. The summed E-state index contributed by atoms with van der Waals surface area (Å²) >= 11 is 6.04. The van der Waals surface area contributed by atoms with Crippen molar-refractivity contribution in [1.82, 2.24) is 5.32 Å². The van der Waals surface area contributed by atoms with Crippen LogP contribution in [0.3, 0.4) is 0 Å². The molecule has 1 aliphatic carbocycles.